The number of carbonyl (C=O) groups is 1. The fourth-order valence-corrected chi connectivity index (χ4v) is 0.502. The smallest absolute Gasteiger partial charge is 0.143 e. The number of hydrogen-bond donors (Lipinski definition) is 2. The average molecular weight is 133 g/mol. The highest BCUT2D eigenvalue weighted by Crippen LogP contribution is 1.68. The standard InChI is InChI=1S/C5H11NOS/c1-5(7)4-6-2-3-8/h6,8H,2-4H2,1H3. The van der Waals surface area contributed by atoms with Crippen LogP contribution in [0.1, 0.15) is 6.92 Å². The average Bonchev–Trinajstić information content (AvgIpc) is 1.66. The second-order valence-corrected chi connectivity index (χ2v) is 2.05. The number of hydrogen-bond acceptors (Lipinski definition) is 3. The molecule has 0 saturated carbocycles. The predicted molar refractivity (Wildman–Crippen MR) is 37.4 cm³/mol. The maximum absolute atomic E-state index is 10.2. The molecule has 48 valence electrons. The summed E-state index contributed by atoms with van der Waals surface area (Å²) in [6.45, 7) is 2.84. The van der Waals surface area contributed by atoms with E-state index in [1.165, 1.54) is 0 Å². The van der Waals surface area contributed by atoms with Crippen LogP contribution in [0, 0.1) is 0 Å². The molecule has 0 amide bonds. The molecule has 0 aliphatic carbocycles. The lowest BCUT2D eigenvalue weighted by Gasteiger charge is -1.95. The van der Waals surface area contributed by atoms with Gasteiger partial charge >= 0.3 is 0 Å². The minimum Gasteiger partial charge on any atom is -0.309 e. The van der Waals surface area contributed by atoms with Gasteiger partial charge in [-0.05, 0) is 6.92 Å². The van der Waals surface area contributed by atoms with Crippen LogP contribution >= 0.6 is 12.6 Å². The molecule has 3 heteroatoms. The van der Waals surface area contributed by atoms with Crippen molar-refractivity contribution in [1.29, 1.82) is 0 Å². The molecule has 0 aliphatic rings. The number of nitrogens with one attached hydrogen (secondary N) is 1. The summed E-state index contributed by atoms with van der Waals surface area (Å²) in [5, 5.41) is 2.91. The first-order valence-electron chi connectivity index (χ1n) is 2.58. The van der Waals surface area contributed by atoms with Gasteiger partial charge in [-0.2, -0.15) is 12.6 Å². The van der Waals surface area contributed by atoms with E-state index in [2.05, 4.69) is 17.9 Å². The molecule has 0 aromatic rings. The molecule has 1 N–H and O–H groups in total. The predicted octanol–water partition coefficient (Wildman–Crippen LogP) is 0.0948. The number of Topliss-reactive ketones (excluding diaryl/α,β-unsaturated/α-hetero) is 1. The van der Waals surface area contributed by atoms with Crippen LogP contribution in [0.15, 0.2) is 0 Å². The van der Waals surface area contributed by atoms with Crippen molar-refractivity contribution in [2.75, 3.05) is 18.8 Å². The minimum absolute atomic E-state index is 0.173. The molecule has 0 bridgehead atoms. The van der Waals surface area contributed by atoms with Crippen LogP contribution < -0.4 is 5.32 Å². The first-order valence-corrected chi connectivity index (χ1v) is 3.21. The van der Waals surface area contributed by atoms with Crippen LogP contribution in [-0.2, 0) is 4.79 Å². The summed E-state index contributed by atoms with van der Waals surface area (Å²) in [6.07, 6.45) is 0. The second-order valence-electron chi connectivity index (χ2n) is 1.60. The molecule has 0 atom stereocenters. The zero-order valence-electron chi connectivity index (χ0n) is 4.98. The van der Waals surface area contributed by atoms with E-state index in [-0.39, 0.29) is 5.78 Å². The van der Waals surface area contributed by atoms with Gasteiger partial charge < -0.3 is 5.32 Å². The van der Waals surface area contributed by atoms with Crippen LogP contribution in [0.2, 0.25) is 0 Å². The maximum Gasteiger partial charge on any atom is 0.143 e. The third kappa shape index (κ3) is 5.98. The molecule has 8 heavy (non-hydrogen) atoms. The monoisotopic (exact) mass is 133 g/mol. The maximum atomic E-state index is 10.2. The van der Waals surface area contributed by atoms with E-state index >= 15 is 0 Å². The highest BCUT2D eigenvalue weighted by Gasteiger charge is 1.87. The van der Waals surface area contributed by atoms with Gasteiger partial charge in [0.05, 0.1) is 6.54 Å². The van der Waals surface area contributed by atoms with Crippen molar-refractivity contribution in [2.45, 2.75) is 6.92 Å². The molecule has 0 aromatic heterocycles. The molecule has 0 fully saturated rings. The summed E-state index contributed by atoms with van der Waals surface area (Å²) in [7, 11) is 0. The van der Waals surface area contributed by atoms with Crippen LogP contribution in [0.4, 0.5) is 0 Å². The summed E-state index contributed by atoms with van der Waals surface area (Å²) in [4.78, 5) is 10.2. The van der Waals surface area contributed by atoms with Crippen LogP contribution in [0.5, 0.6) is 0 Å². The Morgan fingerprint density at radius 2 is 2.38 bits per heavy atom. The van der Waals surface area contributed by atoms with Gasteiger partial charge in [0.2, 0.25) is 0 Å². The molecule has 0 aliphatic heterocycles. The molecule has 0 heterocycles. The van der Waals surface area contributed by atoms with Crippen LogP contribution in [0.25, 0.3) is 0 Å². The molecule has 2 nitrogen and oxygen atoms in total. The lowest BCUT2D eigenvalue weighted by molar-refractivity contribution is -0.116. The molecule has 0 aromatic carbocycles. The van der Waals surface area contributed by atoms with E-state index in [1.54, 1.807) is 6.92 Å². The third-order valence-corrected chi connectivity index (χ3v) is 0.886. The van der Waals surface area contributed by atoms with Gasteiger partial charge in [-0.1, -0.05) is 0 Å². The lowest BCUT2D eigenvalue weighted by atomic mass is 10.4. The zero-order chi connectivity index (χ0) is 6.41. The first kappa shape index (κ1) is 7.98. The SMILES string of the molecule is CC(=O)CNCCS. The number of rotatable bonds is 4. The Morgan fingerprint density at radius 1 is 1.75 bits per heavy atom. The third-order valence-electron chi connectivity index (χ3n) is 0.663. The first-order chi connectivity index (χ1) is 3.77. The summed E-state index contributed by atoms with van der Waals surface area (Å²) < 4.78 is 0. The van der Waals surface area contributed by atoms with Crippen molar-refractivity contribution in [3.05, 3.63) is 0 Å². The van der Waals surface area contributed by atoms with E-state index in [4.69, 9.17) is 0 Å². The van der Waals surface area contributed by atoms with Crippen molar-refractivity contribution in [3.8, 4) is 0 Å². The fraction of sp³-hybridized carbons (Fsp3) is 0.800. The number of ketones is 1. The van der Waals surface area contributed by atoms with E-state index in [9.17, 15) is 4.79 Å². The van der Waals surface area contributed by atoms with Crippen molar-refractivity contribution >= 4 is 18.4 Å². The van der Waals surface area contributed by atoms with Gasteiger partial charge in [0, 0.05) is 12.3 Å². The highest BCUT2D eigenvalue weighted by molar-refractivity contribution is 7.80. The normalized spacial score (nSPS) is 9.25. The molecule has 0 spiro atoms. The van der Waals surface area contributed by atoms with Crippen molar-refractivity contribution in [3.63, 3.8) is 0 Å². The largest absolute Gasteiger partial charge is 0.309 e. The molecule has 0 rings (SSSR count). The van der Waals surface area contributed by atoms with Gasteiger partial charge in [0.1, 0.15) is 5.78 Å². The van der Waals surface area contributed by atoms with Gasteiger partial charge in [0.25, 0.3) is 0 Å². The van der Waals surface area contributed by atoms with Crippen molar-refractivity contribution in [2.24, 2.45) is 0 Å². The Labute approximate surface area is 55.1 Å². The molecule has 0 radical (unpaired) electrons. The van der Waals surface area contributed by atoms with Crippen LogP contribution in [0.3, 0.4) is 0 Å². The van der Waals surface area contributed by atoms with E-state index in [0.717, 1.165) is 12.3 Å². The quantitative estimate of drug-likeness (QED) is 0.420. The second kappa shape index (κ2) is 5.12. The topological polar surface area (TPSA) is 29.1 Å². The van der Waals surface area contributed by atoms with Gasteiger partial charge in [0.15, 0.2) is 0 Å². The molecular weight excluding hydrogens is 122 g/mol. The van der Waals surface area contributed by atoms with E-state index in [0.29, 0.717) is 6.54 Å². The fourth-order valence-electron chi connectivity index (χ4n) is 0.343. The Hall–Kier alpha value is -0.0200. The van der Waals surface area contributed by atoms with Crippen LogP contribution in [-0.4, -0.2) is 24.6 Å². The van der Waals surface area contributed by atoms with Gasteiger partial charge in [-0.3, -0.25) is 4.79 Å². The zero-order valence-corrected chi connectivity index (χ0v) is 5.87. The number of carbonyl (C=O) groups excluding carboxylic acids is 1. The van der Waals surface area contributed by atoms with Gasteiger partial charge in [-0.15, -0.1) is 0 Å². The summed E-state index contributed by atoms with van der Waals surface area (Å²) >= 11 is 3.95. The summed E-state index contributed by atoms with van der Waals surface area (Å²) in [5.41, 5.74) is 0. The van der Waals surface area contributed by atoms with Crippen molar-refractivity contribution in [1.82, 2.24) is 5.32 Å². The Kier molecular flexibility index (Phi) is 5.11. The van der Waals surface area contributed by atoms with Crippen molar-refractivity contribution < 1.29 is 4.79 Å². The van der Waals surface area contributed by atoms with E-state index < -0.39 is 0 Å². The van der Waals surface area contributed by atoms with E-state index in [1.807, 2.05) is 0 Å². The molecular formula is C5H11NOS. The minimum atomic E-state index is 0.173. The Balaban J connectivity index is 2.82. The summed E-state index contributed by atoms with van der Waals surface area (Å²) in [5.74, 6) is 0.958. The lowest BCUT2D eigenvalue weighted by Crippen LogP contribution is -2.22. The molecule has 0 saturated heterocycles. The Morgan fingerprint density at radius 3 is 2.75 bits per heavy atom. The molecule has 0 unspecified atom stereocenters. The highest BCUT2D eigenvalue weighted by atomic mass is 32.1. The summed E-state index contributed by atoms with van der Waals surface area (Å²) in [6, 6.07) is 0. The van der Waals surface area contributed by atoms with Gasteiger partial charge in [-0.25, -0.2) is 0 Å². The number of thiol groups is 1. The Bertz CT molecular complexity index is 74.8.